The van der Waals surface area contributed by atoms with Gasteiger partial charge in [0.25, 0.3) is 0 Å². The fourth-order valence-corrected chi connectivity index (χ4v) is 0.500. The van der Waals surface area contributed by atoms with E-state index in [2.05, 4.69) is 20.1 Å². The lowest BCUT2D eigenvalue weighted by atomic mass is 10.4. The van der Waals surface area contributed by atoms with E-state index in [1.165, 1.54) is 6.42 Å². The Labute approximate surface area is 44.3 Å². The first-order valence-electron chi connectivity index (χ1n) is 2.34. The Bertz CT molecular complexity index is 23.1. The lowest BCUT2D eigenvalue weighted by molar-refractivity contribution is 0.909. The van der Waals surface area contributed by atoms with Gasteiger partial charge in [-0.3, -0.25) is 0 Å². The second-order valence-electron chi connectivity index (χ2n) is 1.45. The summed E-state index contributed by atoms with van der Waals surface area (Å²) in [6.07, 6.45) is 3.44. The zero-order valence-electron chi connectivity index (χ0n) is 4.69. The largest absolute Gasteiger partial charge is 0.162 e. The molecule has 0 aliphatic heterocycles. The number of hydrogen-bond acceptors (Lipinski definition) is 1. The zero-order chi connectivity index (χ0) is 4.99. The van der Waals surface area contributed by atoms with Crippen LogP contribution in [0.2, 0.25) is 0 Å². The van der Waals surface area contributed by atoms with Crippen LogP contribution in [0.1, 0.15) is 20.3 Å². The smallest absolute Gasteiger partial charge is 0.00133 e. The molecule has 0 radical (unpaired) electrons. The summed E-state index contributed by atoms with van der Waals surface area (Å²) in [7, 11) is 0. The third-order valence-electron chi connectivity index (χ3n) is 0.977. The second kappa shape index (κ2) is 3.54. The molecule has 6 heavy (non-hydrogen) atoms. The van der Waals surface area contributed by atoms with Gasteiger partial charge < -0.3 is 0 Å². The summed E-state index contributed by atoms with van der Waals surface area (Å²) in [5, 5.41) is 0.852. The maximum absolute atomic E-state index is 2.24. The molecule has 1 unspecified atom stereocenters. The minimum atomic E-state index is 0.852. The van der Waals surface area contributed by atoms with Crippen LogP contribution in [0.25, 0.3) is 0 Å². The molecule has 0 fully saturated rings. The van der Waals surface area contributed by atoms with Gasteiger partial charge in [0.2, 0.25) is 0 Å². The van der Waals surface area contributed by atoms with Crippen molar-refractivity contribution >= 4 is 11.8 Å². The lowest BCUT2D eigenvalue weighted by Gasteiger charge is -1.98. The molecule has 0 aromatic carbocycles. The molecule has 0 bridgehead atoms. The molecule has 0 spiro atoms. The van der Waals surface area contributed by atoms with E-state index in [9.17, 15) is 0 Å². The van der Waals surface area contributed by atoms with Crippen molar-refractivity contribution in [1.29, 1.82) is 0 Å². The first-order valence-corrected chi connectivity index (χ1v) is 3.62. The highest BCUT2D eigenvalue weighted by Crippen LogP contribution is 2.06. The van der Waals surface area contributed by atoms with Gasteiger partial charge in [0, 0.05) is 5.25 Å². The van der Waals surface area contributed by atoms with Crippen LogP contribution in [0.3, 0.4) is 0 Å². The Kier molecular flexibility index (Phi) is 3.74. The summed E-state index contributed by atoms with van der Waals surface area (Å²) in [5.74, 6) is 0. The molecular weight excluding hydrogens is 92.1 g/mol. The van der Waals surface area contributed by atoms with Crippen molar-refractivity contribution in [2.24, 2.45) is 0 Å². The van der Waals surface area contributed by atoms with Gasteiger partial charge in [0.15, 0.2) is 0 Å². The van der Waals surface area contributed by atoms with Gasteiger partial charge in [-0.2, -0.15) is 11.8 Å². The maximum atomic E-state index is 2.24. The number of rotatable bonds is 2. The molecule has 0 heterocycles. The molecule has 0 saturated heterocycles. The summed E-state index contributed by atoms with van der Waals surface area (Å²) in [6.45, 7) is 4.45. The molecule has 0 aliphatic carbocycles. The van der Waals surface area contributed by atoms with Crippen molar-refractivity contribution < 1.29 is 0 Å². The summed E-state index contributed by atoms with van der Waals surface area (Å²) < 4.78 is 0. The third-order valence-corrected chi connectivity index (χ3v) is 2.12. The van der Waals surface area contributed by atoms with Crippen molar-refractivity contribution in [2.75, 3.05) is 6.26 Å². The Morgan fingerprint density at radius 2 is 2.17 bits per heavy atom. The van der Waals surface area contributed by atoms with E-state index in [0.717, 1.165) is 5.25 Å². The van der Waals surface area contributed by atoms with E-state index in [4.69, 9.17) is 0 Å². The van der Waals surface area contributed by atoms with Crippen molar-refractivity contribution in [2.45, 2.75) is 25.5 Å². The molecule has 1 heteroatoms. The van der Waals surface area contributed by atoms with Crippen molar-refractivity contribution in [1.82, 2.24) is 0 Å². The highest BCUT2D eigenvalue weighted by molar-refractivity contribution is 7.99. The molecule has 0 N–H and O–H groups in total. The normalized spacial score (nSPS) is 14.5. The van der Waals surface area contributed by atoms with Gasteiger partial charge in [-0.1, -0.05) is 13.8 Å². The first-order chi connectivity index (χ1) is 2.81. The minimum Gasteiger partial charge on any atom is -0.162 e. The highest BCUT2D eigenvalue weighted by Gasteiger charge is 1.89. The molecule has 0 amide bonds. The van der Waals surface area contributed by atoms with Gasteiger partial charge in [-0.05, 0) is 12.7 Å². The predicted octanol–water partition coefficient (Wildman–Crippen LogP) is 2.15. The number of thioether (sulfide) groups is 1. The van der Waals surface area contributed by atoms with E-state index in [0.29, 0.717) is 0 Å². The molecular formula is C5H12S. The highest BCUT2D eigenvalue weighted by atomic mass is 32.2. The molecule has 0 nitrogen and oxygen atoms in total. The van der Waals surface area contributed by atoms with E-state index in [-0.39, 0.29) is 0 Å². The average Bonchev–Trinajstić information content (AvgIpc) is 1.65. The van der Waals surface area contributed by atoms with Crippen molar-refractivity contribution in [3.63, 3.8) is 0 Å². The first kappa shape index (κ1) is 6.35. The zero-order valence-corrected chi connectivity index (χ0v) is 5.51. The topological polar surface area (TPSA) is 0 Å². The van der Waals surface area contributed by atoms with E-state index < -0.39 is 0 Å². The van der Waals surface area contributed by atoms with Crippen LogP contribution in [-0.2, 0) is 0 Å². The average molecular weight is 104 g/mol. The molecule has 38 valence electrons. The molecule has 0 aromatic heterocycles. The van der Waals surface area contributed by atoms with Gasteiger partial charge in [0.1, 0.15) is 0 Å². The van der Waals surface area contributed by atoms with Crippen LogP contribution < -0.4 is 0 Å². The van der Waals surface area contributed by atoms with Crippen molar-refractivity contribution in [3.05, 3.63) is 0 Å². The van der Waals surface area contributed by atoms with Gasteiger partial charge in [-0.25, -0.2) is 0 Å². The standard InChI is InChI=1S/C5H12S/c1-4-5(2)6-3/h5H,4H2,1-3H3. The third kappa shape index (κ3) is 2.58. The van der Waals surface area contributed by atoms with Crippen LogP contribution in [0.15, 0.2) is 0 Å². The quantitative estimate of drug-likeness (QED) is 0.517. The van der Waals surface area contributed by atoms with Gasteiger partial charge >= 0.3 is 0 Å². The SMILES string of the molecule is CCC(C)SC. The monoisotopic (exact) mass is 104 g/mol. The van der Waals surface area contributed by atoms with Crippen LogP contribution in [-0.4, -0.2) is 11.5 Å². The van der Waals surface area contributed by atoms with E-state index >= 15 is 0 Å². The van der Waals surface area contributed by atoms with Crippen LogP contribution in [0, 0.1) is 0 Å². The fourth-order valence-electron chi connectivity index (χ4n) is 0.167. The van der Waals surface area contributed by atoms with E-state index in [1.807, 2.05) is 11.8 Å². The second-order valence-corrected chi connectivity index (χ2v) is 2.73. The van der Waals surface area contributed by atoms with Crippen LogP contribution in [0.4, 0.5) is 0 Å². The number of hydrogen-bond donors (Lipinski definition) is 0. The fraction of sp³-hybridized carbons (Fsp3) is 1.00. The van der Waals surface area contributed by atoms with Crippen LogP contribution in [0.5, 0.6) is 0 Å². The molecule has 0 saturated carbocycles. The van der Waals surface area contributed by atoms with Gasteiger partial charge in [-0.15, -0.1) is 0 Å². The molecule has 1 atom stereocenters. The minimum absolute atomic E-state index is 0.852. The van der Waals surface area contributed by atoms with Crippen molar-refractivity contribution in [3.8, 4) is 0 Å². The predicted molar refractivity (Wildman–Crippen MR) is 33.3 cm³/mol. The molecule has 0 aliphatic rings. The van der Waals surface area contributed by atoms with E-state index in [1.54, 1.807) is 0 Å². The summed E-state index contributed by atoms with van der Waals surface area (Å²) in [6, 6.07) is 0. The Balaban J connectivity index is 2.75. The summed E-state index contributed by atoms with van der Waals surface area (Å²) >= 11 is 1.92. The molecule has 0 aromatic rings. The Morgan fingerprint density at radius 3 is 2.17 bits per heavy atom. The molecule has 0 rings (SSSR count). The Morgan fingerprint density at radius 1 is 1.67 bits per heavy atom. The summed E-state index contributed by atoms with van der Waals surface area (Å²) in [4.78, 5) is 0. The summed E-state index contributed by atoms with van der Waals surface area (Å²) in [5.41, 5.74) is 0. The Hall–Kier alpha value is 0.350. The lowest BCUT2D eigenvalue weighted by Crippen LogP contribution is -1.87. The van der Waals surface area contributed by atoms with Gasteiger partial charge in [0.05, 0.1) is 0 Å². The van der Waals surface area contributed by atoms with Crippen LogP contribution >= 0.6 is 11.8 Å². The maximum Gasteiger partial charge on any atom is 0.00133 e.